The second-order valence-corrected chi connectivity index (χ2v) is 8.49. The summed E-state index contributed by atoms with van der Waals surface area (Å²) in [5.74, 6) is 0.440. The molecule has 1 aromatic carbocycles. The minimum Gasteiger partial charge on any atom is -0.388 e. The summed E-state index contributed by atoms with van der Waals surface area (Å²) in [4.78, 5) is 27.6. The number of aliphatic hydroxyl groups excluding tert-OH is 1. The fourth-order valence-corrected chi connectivity index (χ4v) is 4.66. The third kappa shape index (κ3) is 3.43. The van der Waals surface area contributed by atoms with Gasteiger partial charge >= 0.3 is 0 Å². The Balaban J connectivity index is 1.29. The number of halogens is 1. The number of hydrogen-bond acceptors (Lipinski definition) is 7. The van der Waals surface area contributed by atoms with Crippen LogP contribution in [0.3, 0.4) is 0 Å². The first-order valence-corrected chi connectivity index (χ1v) is 11.1. The molecular formula is C24H22FN7O2. The monoisotopic (exact) mass is 459 g/mol. The van der Waals surface area contributed by atoms with Crippen LogP contribution in [-0.2, 0) is 6.54 Å². The van der Waals surface area contributed by atoms with E-state index in [4.69, 9.17) is 0 Å². The summed E-state index contributed by atoms with van der Waals surface area (Å²) < 4.78 is 15.5. The smallest absolute Gasteiger partial charge is 0.254 e. The van der Waals surface area contributed by atoms with Crippen LogP contribution in [0.4, 0.5) is 21.6 Å². The molecule has 0 radical (unpaired) electrons. The van der Waals surface area contributed by atoms with Gasteiger partial charge in [-0.25, -0.2) is 14.4 Å². The van der Waals surface area contributed by atoms with Gasteiger partial charge in [-0.1, -0.05) is 6.07 Å². The number of nitrogens with one attached hydrogen (secondary N) is 2. The van der Waals surface area contributed by atoms with E-state index in [1.807, 2.05) is 39.8 Å². The molecule has 5 heterocycles. The van der Waals surface area contributed by atoms with E-state index in [-0.39, 0.29) is 18.9 Å². The van der Waals surface area contributed by atoms with Gasteiger partial charge in [0.05, 0.1) is 41.2 Å². The number of alkyl halides is 1. The number of amides is 1. The number of rotatable bonds is 4. The standard InChI is InChI=1S/C24H22FN7O2/c25-17-5-7-31(13-20(17)33)14-1-4-21(27-9-14)30-18-3-2-15(16-10-29-24(34)23(16)18)19-11-28-22-12-26-6-8-32(19)22/h1-4,6,8-9,11-12,17,20,33H,5,7,10,13H2,(H,27,30)(H,29,34)/t17-,20-/m1/s1. The average molecular weight is 459 g/mol. The van der Waals surface area contributed by atoms with Gasteiger partial charge in [0.25, 0.3) is 5.91 Å². The molecule has 3 N–H and O–H groups in total. The highest BCUT2D eigenvalue weighted by Gasteiger charge is 2.29. The highest BCUT2D eigenvalue weighted by atomic mass is 19.1. The predicted molar refractivity (Wildman–Crippen MR) is 125 cm³/mol. The highest BCUT2D eigenvalue weighted by molar-refractivity contribution is 6.06. The summed E-state index contributed by atoms with van der Waals surface area (Å²) in [5, 5.41) is 16.0. The lowest BCUT2D eigenvalue weighted by molar-refractivity contribution is 0.0645. The lowest BCUT2D eigenvalue weighted by Gasteiger charge is -2.33. The molecule has 1 amide bonds. The number of nitrogens with zero attached hydrogens (tertiary/aromatic N) is 5. The van der Waals surface area contributed by atoms with Crippen molar-refractivity contribution in [1.29, 1.82) is 0 Å². The molecule has 0 aliphatic carbocycles. The summed E-state index contributed by atoms with van der Waals surface area (Å²) in [6.45, 7) is 1.20. The first-order valence-electron chi connectivity index (χ1n) is 11.1. The lowest BCUT2D eigenvalue weighted by Crippen LogP contribution is -2.45. The number of piperidine rings is 1. The third-order valence-electron chi connectivity index (χ3n) is 6.43. The van der Waals surface area contributed by atoms with E-state index in [1.54, 1.807) is 24.8 Å². The molecule has 0 saturated carbocycles. The Bertz CT molecular complexity index is 1390. The molecule has 3 aromatic heterocycles. The minimum atomic E-state index is -1.18. The molecule has 0 spiro atoms. The lowest BCUT2D eigenvalue weighted by atomic mass is 9.99. The SMILES string of the molecule is O=C1NCc2c(-c3cnc4cnccn34)ccc(Nc3ccc(N4CC[C@@H](F)[C@H](O)C4)cn3)c21. The van der Waals surface area contributed by atoms with Gasteiger partial charge in [0, 0.05) is 37.6 Å². The van der Waals surface area contributed by atoms with E-state index >= 15 is 0 Å². The zero-order valence-corrected chi connectivity index (χ0v) is 18.1. The molecule has 6 rings (SSSR count). The number of hydrogen-bond donors (Lipinski definition) is 3. The Morgan fingerprint density at radius 1 is 1.15 bits per heavy atom. The summed E-state index contributed by atoms with van der Waals surface area (Å²) in [6.07, 6.45) is 6.83. The van der Waals surface area contributed by atoms with E-state index in [2.05, 4.69) is 25.6 Å². The van der Waals surface area contributed by atoms with Crippen LogP contribution >= 0.6 is 0 Å². The fraction of sp³-hybridized carbons (Fsp3) is 0.250. The Hall–Kier alpha value is -4.05. The van der Waals surface area contributed by atoms with Gasteiger partial charge in [-0.2, -0.15) is 0 Å². The molecule has 10 heteroatoms. The molecule has 0 unspecified atom stereocenters. The molecule has 0 bridgehead atoms. The average Bonchev–Trinajstić information content (AvgIpc) is 3.46. The molecular weight excluding hydrogens is 437 g/mol. The minimum absolute atomic E-state index is 0.144. The molecule has 1 fully saturated rings. The maximum Gasteiger partial charge on any atom is 0.254 e. The molecule has 4 aromatic rings. The van der Waals surface area contributed by atoms with Crippen molar-refractivity contribution in [3.8, 4) is 11.3 Å². The summed E-state index contributed by atoms with van der Waals surface area (Å²) >= 11 is 0. The van der Waals surface area contributed by atoms with Crippen molar-refractivity contribution in [1.82, 2.24) is 24.7 Å². The van der Waals surface area contributed by atoms with Crippen LogP contribution in [0.25, 0.3) is 16.9 Å². The van der Waals surface area contributed by atoms with Crippen LogP contribution in [0.5, 0.6) is 0 Å². The number of pyridine rings is 1. The van der Waals surface area contributed by atoms with Gasteiger partial charge in [-0.3, -0.25) is 14.2 Å². The van der Waals surface area contributed by atoms with Gasteiger partial charge in [-0.15, -0.1) is 0 Å². The van der Waals surface area contributed by atoms with Gasteiger partial charge in [-0.05, 0) is 30.2 Å². The molecule has 9 nitrogen and oxygen atoms in total. The number of β-amino-alcohol motifs (C(OH)–C–C–N with tert-alkyl or cyclic N) is 1. The molecule has 34 heavy (non-hydrogen) atoms. The topological polar surface area (TPSA) is 108 Å². The summed E-state index contributed by atoms with van der Waals surface area (Å²) in [5.41, 5.74) is 5.51. The highest BCUT2D eigenvalue weighted by Crippen LogP contribution is 2.35. The van der Waals surface area contributed by atoms with Crippen molar-refractivity contribution < 1.29 is 14.3 Å². The van der Waals surface area contributed by atoms with E-state index in [9.17, 15) is 14.3 Å². The maximum absolute atomic E-state index is 13.6. The zero-order valence-electron chi connectivity index (χ0n) is 18.1. The Morgan fingerprint density at radius 2 is 2.06 bits per heavy atom. The number of aliphatic hydroxyl groups is 1. The largest absolute Gasteiger partial charge is 0.388 e. The van der Waals surface area contributed by atoms with Crippen LogP contribution in [0, 0.1) is 0 Å². The van der Waals surface area contributed by atoms with Crippen molar-refractivity contribution in [2.45, 2.75) is 25.2 Å². The van der Waals surface area contributed by atoms with Crippen LogP contribution < -0.4 is 15.5 Å². The number of benzene rings is 1. The molecule has 172 valence electrons. The molecule has 1 saturated heterocycles. The molecule has 2 aliphatic rings. The first-order chi connectivity index (χ1) is 16.6. The Labute approximate surface area is 194 Å². The van der Waals surface area contributed by atoms with Crippen molar-refractivity contribution in [3.05, 3.63) is 66.4 Å². The molecule has 2 aliphatic heterocycles. The van der Waals surface area contributed by atoms with Crippen LogP contribution in [0.2, 0.25) is 0 Å². The maximum atomic E-state index is 13.6. The Morgan fingerprint density at radius 3 is 2.88 bits per heavy atom. The van der Waals surface area contributed by atoms with Gasteiger partial charge in [0.15, 0.2) is 5.65 Å². The zero-order chi connectivity index (χ0) is 23.2. The number of aromatic nitrogens is 4. The predicted octanol–water partition coefficient (Wildman–Crippen LogP) is 2.69. The summed E-state index contributed by atoms with van der Waals surface area (Å²) in [6, 6.07) is 7.54. The van der Waals surface area contributed by atoms with E-state index in [0.717, 1.165) is 28.2 Å². The molecule has 2 atom stereocenters. The normalized spacial score (nSPS) is 19.8. The second kappa shape index (κ2) is 8.07. The first kappa shape index (κ1) is 20.5. The number of imidazole rings is 1. The second-order valence-electron chi connectivity index (χ2n) is 8.49. The fourth-order valence-electron chi connectivity index (χ4n) is 4.66. The Kier molecular flexibility index (Phi) is 4.88. The van der Waals surface area contributed by atoms with E-state index in [0.29, 0.717) is 30.2 Å². The number of fused-ring (bicyclic) bond motifs is 2. The van der Waals surface area contributed by atoms with E-state index in [1.165, 1.54) is 0 Å². The summed E-state index contributed by atoms with van der Waals surface area (Å²) in [7, 11) is 0. The van der Waals surface area contributed by atoms with Gasteiger partial charge in [0.1, 0.15) is 18.1 Å². The van der Waals surface area contributed by atoms with Crippen LogP contribution in [0.15, 0.2) is 55.2 Å². The van der Waals surface area contributed by atoms with Crippen LogP contribution in [0.1, 0.15) is 22.3 Å². The van der Waals surface area contributed by atoms with Crippen molar-refractivity contribution in [2.75, 3.05) is 23.3 Å². The third-order valence-corrected chi connectivity index (χ3v) is 6.43. The number of anilines is 3. The van der Waals surface area contributed by atoms with Crippen LogP contribution in [-0.4, -0.2) is 55.7 Å². The van der Waals surface area contributed by atoms with Gasteiger partial charge < -0.3 is 20.6 Å². The van der Waals surface area contributed by atoms with Gasteiger partial charge in [0.2, 0.25) is 0 Å². The number of carbonyl (C=O) groups is 1. The van der Waals surface area contributed by atoms with E-state index < -0.39 is 12.3 Å². The number of carbonyl (C=O) groups excluding carboxylic acids is 1. The van der Waals surface area contributed by atoms with Crippen molar-refractivity contribution >= 4 is 28.7 Å². The van der Waals surface area contributed by atoms with Crippen molar-refractivity contribution in [2.24, 2.45) is 0 Å². The quantitative estimate of drug-likeness (QED) is 0.431. The van der Waals surface area contributed by atoms with Crippen molar-refractivity contribution in [3.63, 3.8) is 0 Å².